The number of rotatable bonds is 5. The minimum absolute atomic E-state index is 0.0855. The highest BCUT2D eigenvalue weighted by molar-refractivity contribution is 5.93. The smallest absolute Gasteiger partial charge is 0.266 e. The molecule has 0 atom stereocenters. The zero-order chi connectivity index (χ0) is 21.9. The fraction of sp³-hybridized carbons (Fsp3) is 0.292. The molecule has 32 heavy (non-hydrogen) atoms. The molecule has 8 nitrogen and oxygen atoms in total. The van der Waals surface area contributed by atoms with E-state index in [1.807, 2.05) is 31.2 Å². The van der Waals surface area contributed by atoms with Crippen molar-refractivity contribution in [1.82, 2.24) is 29.9 Å². The van der Waals surface area contributed by atoms with Crippen molar-refractivity contribution < 1.29 is 0 Å². The second-order valence-electron chi connectivity index (χ2n) is 8.00. The van der Waals surface area contributed by atoms with Crippen molar-refractivity contribution in [3.8, 4) is 11.3 Å². The zero-order valence-electron chi connectivity index (χ0n) is 18.1. The molecular formula is C24H25N7O. The molecule has 1 saturated heterocycles. The summed E-state index contributed by atoms with van der Waals surface area (Å²) < 4.78 is 1.55. The maximum absolute atomic E-state index is 12.3. The molecule has 1 aromatic carbocycles. The number of hydrogen-bond donors (Lipinski definition) is 0. The van der Waals surface area contributed by atoms with Gasteiger partial charge >= 0.3 is 0 Å². The van der Waals surface area contributed by atoms with Crippen molar-refractivity contribution in [2.75, 3.05) is 37.6 Å². The lowest BCUT2D eigenvalue weighted by molar-refractivity contribution is 0.242. The van der Waals surface area contributed by atoms with Gasteiger partial charge in [0.05, 0.1) is 17.9 Å². The van der Waals surface area contributed by atoms with Gasteiger partial charge < -0.3 is 4.90 Å². The van der Waals surface area contributed by atoms with Crippen LogP contribution in [0.15, 0.2) is 65.7 Å². The molecule has 0 spiro atoms. The predicted molar refractivity (Wildman–Crippen MR) is 125 cm³/mol. The summed E-state index contributed by atoms with van der Waals surface area (Å²) in [6.07, 6.45) is 3.48. The Balaban J connectivity index is 1.24. The summed E-state index contributed by atoms with van der Waals surface area (Å²) in [4.78, 5) is 21.1. The van der Waals surface area contributed by atoms with Crippen molar-refractivity contribution >= 4 is 16.6 Å². The van der Waals surface area contributed by atoms with E-state index in [-0.39, 0.29) is 5.56 Å². The second kappa shape index (κ2) is 8.84. The van der Waals surface area contributed by atoms with Gasteiger partial charge in [0, 0.05) is 67.5 Å². The van der Waals surface area contributed by atoms with Gasteiger partial charge in [-0.25, -0.2) is 4.68 Å². The molecule has 0 bridgehead atoms. The summed E-state index contributed by atoms with van der Waals surface area (Å²) in [7, 11) is 0. The molecule has 0 unspecified atom stereocenters. The van der Waals surface area contributed by atoms with Gasteiger partial charge in [0.15, 0.2) is 5.82 Å². The minimum atomic E-state index is -0.0855. The van der Waals surface area contributed by atoms with Crippen LogP contribution in [0.2, 0.25) is 0 Å². The highest BCUT2D eigenvalue weighted by Gasteiger charge is 2.20. The van der Waals surface area contributed by atoms with Crippen LogP contribution in [0.1, 0.15) is 5.69 Å². The van der Waals surface area contributed by atoms with Crippen molar-refractivity contribution in [3.63, 3.8) is 0 Å². The first-order valence-corrected chi connectivity index (χ1v) is 10.9. The van der Waals surface area contributed by atoms with Gasteiger partial charge in [-0.15, -0.1) is 5.10 Å². The van der Waals surface area contributed by atoms with E-state index >= 15 is 0 Å². The molecule has 1 aliphatic rings. The molecular weight excluding hydrogens is 402 g/mol. The van der Waals surface area contributed by atoms with E-state index in [1.54, 1.807) is 29.2 Å². The van der Waals surface area contributed by atoms with E-state index in [0.717, 1.165) is 66.3 Å². The van der Waals surface area contributed by atoms with Crippen molar-refractivity contribution in [2.24, 2.45) is 0 Å². The van der Waals surface area contributed by atoms with Gasteiger partial charge in [0.25, 0.3) is 5.56 Å². The van der Waals surface area contributed by atoms with Crippen LogP contribution < -0.4 is 10.5 Å². The Morgan fingerprint density at radius 3 is 2.47 bits per heavy atom. The Hall–Kier alpha value is -3.65. The second-order valence-corrected chi connectivity index (χ2v) is 8.00. The van der Waals surface area contributed by atoms with E-state index in [2.05, 4.69) is 42.2 Å². The molecule has 0 radical (unpaired) electrons. The van der Waals surface area contributed by atoms with Crippen LogP contribution in [0.4, 0.5) is 5.82 Å². The predicted octanol–water partition coefficient (Wildman–Crippen LogP) is 2.38. The number of aryl methyl sites for hydroxylation is 1. The van der Waals surface area contributed by atoms with Gasteiger partial charge in [-0.3, -0.25) is 14.7 Å². The van der Waals surface area contributed by atoms with E-state index < -0.39 is 0 Å². The summed E-state index contributed by atoms with van der Waals surface area (Å²) in [5.41, 5.74) is 2.53. The third kappa shape index (κ3) is 4.09. The molecule has 0 amide bonds. The van der Waals surface area contributed by atoms with E-state index in [0.29, 0.717) is 6.54 Å². The number of nitrogens with zero attached hydrogens (tertiary/aromatic N) is 7. The molecule has 4 heterocycles. The average molecular weight is 428 g/mol. The molecule has 1 fully saturated rings. The Morgan fingerprint density at radius 2 is 1.69 bits per heavy atom. The number of aromatic nitrogens is 5. The quantitative estimate of drug-likeness (QED) is 0.484. The first-order valence-electron chi connectivity index (χ1n) is 10.9. The number of fused-ring (bicyclic) bond motifs is 1. The third-order valence-corrected chi connectivity index (χ3v) is 5.98. The van der Waals surface area contributed by atoms with Crippen LogP contribution >= 0.6 is 0 Å². The first kappa shape index (κ1) is 20.3. The Bertz CT molecular complexity index is 1280. The summed E-state index contributed by atoms with van der Waals surface area (Å²) in [6.45, 7) is 6.88. The number of benzene rings is 1. The standard InChI is InChI=1S/C24H25N7O/c1-18-20-6-2-3-7-21(20)24(27-26-18)30-14-11-29(12-15-30)13-16-31-23(32)9-8-22(28-31)19-5-4-10-25-17-19/h2-10,17H,11-16H2,1H3. The van der Waals surface area contributed by atoms with Crippen molar-refractivity contribution in [3.05, 3.63) is 77.0 Å². The van der Waals surface area contributed by atoms with Crippen LogP contribution in [0.5, 0.6) is 0 Å². The summed E-state index contributed by atoms with van der Waals surface area (Å²) in [5, 5.41) is 15.7. The topological polar surface area (TPSA) is 80.0 Å². The van der Waals surface area contributed by atoms with Gasteiger partial charge in [-0.2, -0.15) is 10.2 Å². The van der Waals surface area contributed by atoms with Crippen molar-refractivity contribution in [2.45, 2.75) is 13.5 Å². The maximum Gasteiger partial charge on any atom is 0.266 e. The SMILES string of the molecule is Cc1nnc(N2CCN(CCn3nc(-c4cccnc4)ccc3=O)CC2)c2ccccc12. The maximum atomic E-state index is 12.3. The Kier molecular flexibility index (Phi) is 5.60. The molecule has 5 rings (SSSR count). The number of piperazine rings is 1. The van der Waals surface area contributed by atoms with Gasteiger partial charge in [-0.1, -0.05) is 24.3 Å². The summed E-state index contributed by atoms with van der Waals surface area (Å²) in [6, 6.07) is 15.5. The van der Waals surface area contributed by atoms with Crippen LogP contribution in [0.3, 0.4) is 0 Å². The lowest BCUT2D eigenvalue weighted by Crippen LogP contribution is -2.48. The van der Waals surface area contributed by atoms with Crippen LogP contribution in [-0.4, -0.2) is 62.6 Å². The molecule has 162 valence electrons. The Morgan fingerprint density at radius 1 is 0.875 bits per heavy atom. The van der Waals surface area contributed by atoms with Gasteiger partial charge in [-0.05, 0) is 25.1 Å². The fourth-order valence-electron chi connectivity index (χ4n) is 4.15. The van der Waals surface area contributed by atoms with E-state index in [1.165, 1.54) is 0 Å². The summed E-state index contributed by atoms with van der Waals surface area (Å²) >= 11 is 0. The number of anilines is 1. The highest BCUT2D eigenvalue weighted by Crippen LogP contribution is 2.26. The van der Waals surface area contributed by atoms with Crippen LogP contribution in [0, 0.1) is 6.92 Å². The molecule has 0 N–H and O–H groups in total. The third-order valence-electron chi connectivity index (χ3n) is 5.98. The van der Waals surface area contributed by atoms with Crippen LogP contribution in [0.25, 0.3) is 22.0 Å². The molecule has 4 aromatic rings. The molecule has 1 aliphatic heterocycles. The average Bonchev–Trinajstić information content (AvgIpc) is 2.85. The fourth-order valence-corrected chi connectivity index (χ4v) is 4.15. The normalized spacial score (nSPS) is 14.7. The lowest BCUT2D eigenvalue weighted by atomic mass is 10.1. The first-order chi connectivity index (χ1) is 15.7. The van der Waals surface area contributed by atoms with Crippen LogP contribution in [-0.2, 0) is 6.54 Å². The largest absolute Gasteiger partial charge is 0.352 e. The molecule has 0 aliphatic carbocycles. The lowest BCUT2D eigenvalue weighted by Gasteiger charge is -2.35. The van der Waals surface area contributed by atoms with Gasteiger partial charge in [0.1, 0.15) is 0 Å². The van der Waals surface area contributed by atoms with Crippen molar-refractivity contribution in [1.29, 1.82) is 0 Å². The highest BCUT2D eigenvalue weighted by atomic mass is 16.1. The zero-order valence-corrected chi connectivity index (χ0v) is 18.1. The molecule has 3 aromatic heterocycles. The molecule has 8 heteroatoms. The van der Waals surface area contributed by atoms with Gasteiger partial charge in [0.2, 0.25) is 0 Å². The minimum Gasteiger partial charge on any atom is -0.352 e. The number of hydrogen-bond acceptors (Lipinski definition) is 7. The van der Waals surface area contributed by atoms with E-state index in [9.17, 15) is 4.79 Å². The molecule has 0 saturated carbocycles. The summed E-state index contributed by atoms with van der Waals surface area (Å²) in [5.74, 6) is 0.952. The monoisotopic (exact) mass is 427 g/mol. The number of pyridine rings is 1. The van der Waals surface area contributed by atoms with E-state index in [4.69, 9.17) is 0 Å². The Labute approximate surface area is 186 Å².